The van der Waals surface area contributed by atoms with E-state index in [1.54, 1.807) is 0 Å². The molecule has 1 aromatic carbocycles. The molecule has 0 radical (unpaired) electrons. The molecule has 0 heterocycles. The molecule has 41 heavy (non-hydrogen) atoms. The van der Waals surface area contributed by atoms with Crippen molar-refractivity contribution in [3.63, 3.8) is 0 Å². The van der Waals surface area contributed by atoms with Crippen molar-refractivity contribution in [3.05, 3.63) is 29.3 Å². The summed E-state index contributed by atoms with van der Waals surface area (Å²) in [6.07, 6.45) is 7.08. The van der Waals surface area contributed by atoms with Crippen molar-refractivity contribution in [2.24, 2.45) is 17.3 Å². The number of hydrogen-bond donors (Lipinski definition) is 2. The second kappa shape index (κ2) is 15.0. The lowest BCUT2D eigenvalue weighted by Crippen LogP contribution is -2.43. The topological polar surface area (TPSA) is 57.5 Å². The number of aromatic hydroxyl groups is 1. The van der Waals surface area contributed by atoms with Crippen LogP contribution in [-0.4, -0.2) is 44.1 Å². The van der Waals surface area contributed by atoms with Gasteiger partial charge in [-0.3, -0.25) is 4.21 Å². The van der Waals surface area contributed by atoms with Gasteiger partial charge in [-0.05, 0) is 97.8 Å². The van der Waals surface area contributed by atoms with Crippen molar-refractivity contribution >= 4 is 10.8 Å². The molecule has 0 aromatic heterocycles. The summed E-state index contributed by atoms with van der Waals surface area (Å²) in [4.78, 5) is 0. The van der Waals surface area contributed by atoms with E-state index in [9.17, 15) is 36.4 Å². The van der Waals surface area contributed by atoms with Gasteiger partial charge in [-0.1, -0.05) is 58.4 Å². The molecule has 4 rings (SSSR count). The fourth-order valence-electron chi connectivity index (χ4n) is 7.46. The number of hydrogen-bond acceptors (Lipinski definition) is 3. The van der Waals surface area contributed by atoms with Crippen LogP contribution in [0.5, 0.6) is 5.75 Å². The van der Waals surface area contributed by atoms with Crippen LogP contribution in [0.4, 0.5) is 22.0 Å². The van der Waals surface area contributed by atoms with Crippen LogP contribution >= 0.6 is 0 Å². The molecule has 1 aromatic rings. The number of phenolic OH excluding ortho intramolecular Hbond substituents is 1. The summed E-state index contributed by atoms with van der Waals surface area (Å²) in [7, 11) is -1.29. The molecule has 3 aliphatic rings. The van der Waals surface area contributed by atoms with E-state index in [2.05, 4.69) is 19.9 Å². The normalized spacial score (nSPS) is 28.2. The Morgan fingerprint density at radius 3 is 2.27 bits per heavy atom. The standard InChI is InChI=1S/C18H24O2.C14H25F5OS/c1-18-9-8-14-13-5-3-12(19)10-11(13)2-4-15(14)16(18)6-7-17(18)20;1-2-3-4-5-6-7-8-11-21(20)12-9-10-13(15,16)14(17,18)19/h3,5,10,14-17,19-20H,2,4,6-9H2,1H3;2-12H2,1H3. The molecular weight excluding hydrogens is 559 g/mol. The van der Waals surface area contributed by atoms with E-state index < -0.39 is 29.3 Å². The molecule has 3 aliphatic carbocycles. The van der Waals surface area contributed by atoms with Crippen LogP contribution in [0.15, 0.2) is 18.2 Å². The van der Waals surface area contributed by atoms with Crippen molar-refractivity contribution in [3.8, 4) is 5.75 Å². The third kappa shape index (κ3) is 8.90. The SMILES string of the molecule is CC12CCC3c4ccc(O)cc4CCC3C1CCC2O.CCCCCCCCCS(=O)CCCC(F)(F)C(F)(F)F. The van der Waals surface area contributed by atoms with Gasteiger partial charge in [0.2, 0.25) is 0 Å². The summed E-state index contributed by atoms with van der Waals surface area (Å²) in [6, 6.07) is 5.96. The molecule has 236 valence electrons. The van der Waals surface area contributed by atoms with Crippen LogP contribution in [0.2, 0.25) is 0 Å². The van der Waals surface area contributed by atoms with Crippen LogP contribution in [0.3, 0.4) is 0 Å². The molecule has 2 fully saturated rings. The van der Waals surface area contributed by atoms with E-state index in [0.717, 1.165) is 50.9 Å². The summed E-state index contributed by atoms with van der Waals surface area (Å²) in [5, 5.41) is 20.0. The summed E-state index contributed by atoms with van der Waals surface area (Å²) in [6.45, 7) is 4.45. The second-order valence-electron chi connectivity index (χ2n) is 12.7. The fourth-order valence-corrected chi connectivity index (χ4v) is 8.66. The van der Waals surface area contributed by atoms with Crippen LogP contribution in [-0.2, 0) is 17.2 Å². The quantitative estimate of drug-likeness (QED) is 0.184. The number of aliphatic hydroxyl groups is 1. The molecule has 0 amide bonds. The van der Waals surface area contributed by atoms with Gasteiger partial charge in [-0.15, -0.1) is 0 Å². The Balaban J connectivity index is 0.000000225. The number of fused-ring (bicyclic) bond motifs is 5. The van der Waals surface area contributed by atoms with Crippen LogP contribution < -0.4 is 0 Å². The number of alkyl halides is 5. The lowest BCUT2D eigenvalue weighted by Gasteiger charge is -2.50. The molecule has 0 spiro atoms. The summed E-state index contributed by atoms with van der Waals surface area (Å²) < 4.78 is 72.4. The Morgan fingerprint density at radius 1 is 0.927 bits per heavy atom. The highest BCUT2D eigenvalue weighted by Crippen LogP contribution is 2.60. The number of rotatable bonds is 12. The molecule has 0 bridgehead atoms. The number of aliphatic hydroxyl groups excluding tert-OH is 1. The van der Waals surface area contributed by atoms with Crippen molar-refractivity contribution in [2.75, 3.05) is 11.5 Å². The first kappa shape index (κ1) is 34.3. The van der Waals surface area contributed by atoms with Gasteiger partial charge in [0.15, 0.2) is 0 Å². The number of unbranched alkanes of at least 4 members (excludes halogenated alkanes) is 6. The van der Waals surface area contributed by atoms with E-state index in [-0.39, 0.29) is 23.7 Å². The lowest BCUT2D eigenvalue weighted by atomic mass is 9.55. The molecular formula is C32H49F5O3S. The number of phenols is 1. The van der Waals surface area contributed by atoms with Gasteiger partial charge in [-0.25, -0.2) is 0 Å². The molecule has 2 N–H and O–H groups in total. The average Bonchev–Trinajstić information content (AvgIpc) is 3.21. The van der Waals surface area contributed by atoms with Crippen molar-refractivity contribution in [2.45, 2.75) is 134 Å². The first-order valence-corrected chi connectivity index (χ1v) is 17.1. The minimum absolute atomic E-state index is 0.0818. The highest BCUT2D eigenvalue weighted by molar-refractivity contribution is 7.84. The van der Waals surface area contributed by atoms with Crippen molar-refractivity contribution < 1.29 is 36.4 Å². The van der Waals surface area contributed by atoms with Gasteiger partial charge in [0.1, 0.15) is 5.75 Å². The average molecular weight is 609 g/mol. The van der Waals surface area contributed by atoms with E-state index in [4.69, 9.17) is 0 Å². The van der Waals surface area contributed by atoms with E-state index in [1.165, 1.54) is 49.7 Å². The highest BCUT2D eigenvalue weighted by Gasteiger charge is 2.56. The zero-order chi connectivity index (χ0) is 30.3. The van der Waals surface area contributed by atoms with Gasteiger partial charge in [-0.2, -0.15) is 22.0 Å². The smallest absolute Gasteiger partial charge is 0.453 e. The molecule has 0 aliphatic heterocycles. The first-order chi connectivity index (χ1) is 19.3. The monoisotopic (exact) mass is 608 g/mol. The predicted octanol–water partition coefficient (Wildman–Crippen LogP) is 9.07. The minimum atomic E-state index is -5.51. The van der Waals surface area contributed by atoms with Crippen LogP contribution in [0, 0.1) is 17.3 Å². The van der Waals surface area contributed by atoms with E-state index in [1.807, 2.05) is 12.1 Å². The van der Waals surface area contributed by atoms with Crippen molar-refractivity contribution in [1.29, 1.82) is 0 Å². The van der Waals surface area contributed by atoms with Gasteiger partial charge in [0, 0.05) is 28.7 Å². The number of aryl methyl sites for hydroxylation is 1. The maximum absolute atomic E-state index is 12.6. The summed E-state index contributed by atoms with van der Waals surface area (Å²) >= 11 is 0. The molecule has 9 heteroatoms. The van der Waals surface area contributed by atoms with Gasteiger partial charge >= 0.3 is 12.1 Å². The molecule has 6 unspecified atom stereocenters. The number of halogens is 5. The van der Waals surface area contributed by atoms with E-state index >= 15 is 0 Å². The molecule has 3 nitrogen and oxygen atoms in total. The lowest BCUT2D eigenvalue weighted by molar-refractivity contribution is -0.284. The Kier molecular flexibility index (Phi) is 12.5. The zero-order valence-corrected chi connectivity index (χ0v) is 25.5. The van der Waals surface area contributed by atoms with Crippen LogP contribution in [0.1, 0.15) is 121 Å². The van der Waals surface area contributed by atoms with Gasteiger partial charge in [0.05, 0.1) is 6.10 Å². The number of benzene rings is 1. The summed E-state index contributed by atoms with van der Waals surface area (Å²) in [5.41, 5.74) is 2.99. The first-order valence-electron chi connectivity index (χ1n) is 15.6. The third-order valence-corrected chi connectivity index (χ3v) is 11.4. The Hall–Kier alpha value is -1.22. The van der Waals surface area contributed by atoms with Crippen LogP contribution in [0.25, 0.3) is 0 Å². The Bertz CT molecular complexity index is 985. The molecule has 6 atom stereocenters. The highest BCUT2D eigenvalue weighted by atomic mass is 32.2. The second-order valence-corrected chi connectivity index (χ2v) is 14.4. The minimum Gasteiger partial charge on any atom is -0.508 e. The Labute approximate surface area is 245 Å². The molecule has 2 saturated carbocycles. The van der Waals surface area contributed by atoms with E-state index in [0.29, 0.717) is 23.3 Å². The fraction of sp³-hybridized carbons (Fsp3) is 0.812. The Morgan fingerprint density at radius 2 is 1.59 bits per heavy atom. The van der Waals surface area contributed by atoms with Gasteiger partial charge in [0.25, 0.3) is 0 Å². The largest absolute Gasteiger partial charge is 0.508 e. The maximum atomic E-state index is 12.6. The zero-order valence-electron chi connectivity index (χ0n) is 24.7. The molecule has 0 saturated heterocycles. The summed E-state index contributed by atoms with van der Waals surface area (Å²) in [5.74, 6) is -1.87. The van der Waals surface area contributed by atoms with Gasteiger partial charge < -0.3 is 10.2 Å². The maximum Gasteiger partial charge on any atom is 0.453 e. The third-order valence-electron chi connectivity index (χ3n) is 9.91. The predicted molar refractivity (Wildman–Crippen MR) is 155 cm³/mol. The van der Waals surface area contributed by atoms with Crippen molar-refractivity contribution in [1.82, 2.24) is 0 Å².